The van der Waals surface area contributed by atoms with Gasteiger partial charge in [0.1, 0.15) is 0 Å². The SMILES string of the molecule is C[P+](C)(C)[P-]1(F)(F)(F)OC(C(F)(F)F)(C(F)(F)F)C(C(F)(F)F)(C(F)(F)F)O1. The van der Waals surface area contributed by atoms with Gasteiger partial charge in [-0.2, -0.15) is 0 Å². The molecule has 28 heavy (non-hydrogen) atoms. The van der Waals surface area contributed by atoms with Crippen LogP contribution in [0.25, 0.3) is 0 Å². The van der Waals surface area contributed by atoms with Gasteiger partial charge in [0.25, 0.3) is 0 Å². The molecule has 1 fully saturated rings. The summed E-state index contributed by atoms with van der Waals surface area (Å²) in [4.78, 5) is 0. The zero-order valence-electron chi connectivity index (χ0n) is 13.4. The first kappa shape index (κ1) is 25.8. The van der Waals surface area contributed by atoms with Gasteiger partial charge in [-0.05, 0) is 0 Å². The number of alkyl halides is 12. The molecule has 0 spiro atoms. The molecule has 172 valence electrons. The van der Waals surface area contributed by atoms with Crippen molar-refractivity contribution < 1.29 is 74.3 Å². The zero-order valence-corrected chi connectivity index (χ0v) is 15.2. The van der Waals surface area contributed by atoms with Crippen LogP contribution in [-0.2, 0) is 9.05 Å². The second kappa shape index (κ2) is 5.13. The van der Waals surface area contributed by atoms with Crippen molar-refractivity contribution in [2.45, 2.75) is 35.9 Å². The summed E-state index contributed by atoms with van der Waals surface area (Å²) in [7, 11) is -11.0. The molecule has 19 heteroatoms. The van der Waals surface area contributed by atoms with E-state index in [1.165, 1.54) is 0 Å². The van der Waals surface area contributed by atoms with Crippen LogP contribution in [0.1, 0.15) is 0 Å². The summed E-state index contributed by atoms with van der Waals surface area (Å²) < 4.78 is 206. The van der Waals surface area contributed by atoms with E-state index in [0.717, 1.165) is 0 Å². The Morgan fingerprint density at radius 2 is 0.714 bits per heavy atom. The Hall–Kier alpha value is -0.270. The predicted molar refractivity (Wildman–Crippen MR) is 66.8 cm³/mol. The Kier molecular flexibility index (Phi) is 4.72. The van der Waals surface area contributed by atoms with E-state index in [-0.39, 0.29) is 20.0 Å². The molecule has 0 aromatic carbocycles. The third kappa shape index (κ3) is 2.74. The van der Waals surface area contributed by atoms with Crippen molar-refractivity contribution >= 4 is 14.0 Å². The van der Waals surface area contributed by atoms with Crippen molar-refractivity contribution in [3.05, 3.63) is 0 Å². The van der Waals surface area contributed by atoms with Crippen LogP contribution in [0, 0.1) is 0 Å². The monoisotopic (exact) mass is 496 g/mol. The van der Waals surface area contributed by atoms with Gasteiger partial charge in [-0.15, -0.1) is 0 Å². The molecule has 0 atom stereocenters. The van der Waals surface area contributed by atoms with Gasteiger partial charge < -0.3 is 0 Å². The van der Waals surface area contributed by atoms with Crippen LogP contribution in [0.15, 0.2) is 0 Å². The summed E-state index contributed by atoms with van der Waals surface area (Å²) in [6, 6.07) is 0. The molecule has 0 amide bonds. The number of hydrogen-bond donors (Lipinski definition) is 0. The van der Waals surface area contributed by atoms with Crippen LogP contribution in [0.3, 0.4) is 0 Å². The van der Waals surface area contributed by atoms with Gasteiger partial charge in [-0.3, -0.25) is 0 Å². The third-order valence-electron chi connectivity index (χ3n) is 3.90. The Morgan fingerprint density at radius 1 is 0.536 bits per heavy atom. The zero-order chi connectivity index (χ0) is 23.3. The molecule has 0 unspecified atom stereocenters. The van der Waals surface area contributed by atoms with E-state index in [0.29, 0.717) is 0 Å². The van der Waals surface area contributed by atoms with Crippen LogP contribution < -0.4 is 0 Å². The molecular formula is C9H9F15O2P2. The summed E-state index contributed by atoms with van der Waals surface area (Å²) in [5, 5.41) is 0. The van der Waals surface area contributed by atoms with E-state index in [4.69, 9.17) is 0 Å². The van der Waals surface area contributed by atoms with Crippen molar-refractivity contribution in [3.63, 3.8) is 0 Å². The van der Waals surface area contributed by atoms with Gasteiger partial charge in [0, 0.05) is 0 Å². The van der Waals surface area contributed by atoms with Crippen molar-refractivity contribution in [2.75, 3.05) is 20.0 Å². The first-order valence-electron chi connectivity index (χ1n) is 6.34. The Labute approximate surface area is 145 Å². The summed E-state index contributed by atoms with van der Waals surface area (Å²) in [6.07, 6.45) is -31.6. The average molecular weight is 496 g/mol. The quantitative estimate of drug-likeness (QED) is 0.284. The molecule has 2 nitrogen and oxygen atoms in total. The molecule has 1 rings (SSSR count). The molecule has 0 saturated carbocycles. The molecule has 1 saturated heterocycles. The Morgan fingerprint density at radius 3 is 0.821 bits per heavy atom. The number of hydrogen-bond acceptors (Lipinski definition) is 2. The number of halogens is 15. The van der Waals surface area contributed by atoms with Gasteiger partial charge in [-0.25, -0.2) is 0 Å². The van der Waals surface area contributed by atoms with Crippen molar-refractivity contribution in [1.82, 2.24) is 0 Å². The van der Waals surface area contributed by atoms with Gasteiger partial charge in [0.05, 0.1) is 0 Å². The van der Waals surface area contributed by atoms with Gasteiger partial charge in [-0.1, -0.05) is 0 Å². The Balaban J connectivity index is 4.47. The fourth-order valence-corrected chi connectivity index (χ4v) is 6.76. The van der Waals surface area contributed by atoms with E-state index in [1.54, 1.807) is 0 Å². The summed E-state index contributed by atoms with van der Waals surface area (Å²) >= 11 is 0. The molecular weight excluding hydrogens is 487 g/mol. The van der Waals surface area contributed by atoms with Crippen LogP contribution in [0.2, 0.25) is 0 Å². The molecule has 0 bridgehead atoms. The first-order chi connectivity index (χ1) is 11.5. The van der Waals surface area contributed by atoms with E-state index >= 15 is 0 Å². The molecule has 0 radical (unpaired) electrons. The summed E-state index contributed by atoms with van der Waals surface area (Å²) in [6.45, 7) is -6.08. The first-order valence-corrected chi connectivity index (χ1v) is 12.4. The van der Waals surface area contributed by atoms with Crippen LogP contribution in [0.4, 0.5) is 65.3 Å². The summed E-state index contributed by atoms with van der Waals surface area (Å²) in [5.74, 6) is 0. The van der Waals surface area contributed by atoms with E-state index in [1.807, 2.05) is 0 Å². The van der Waals surface area contributed by atoms with Crippen molar-refractivity contribution in [3.8, 4) is 0 Å². The molecule has 0 aromatic heterocycles. The van der Waals surface area contributed by atoms with Gasteiger partial charge in [0.15, 0.2) is 0 Å². The van der Waals surface area contributed by atoms with Crippen LogP contribution in [0.5, 0.6) is 0 Å². The van der Waals surface area contributed by atoms with E-state index in [9.17, 15) is 65.3 Å². The summed E-state index contributed by atoms with van der Waals surface area (Å²) in [5.41, 5.74) is -15.7. The molecule has 1 heterocycles. The second-order valence-electron chi connectivity index (χ2n) is 6.55. The topological polar surface area (TPSA) is 18.5 Å². The number of rotatable bonds is 1. The molecule has 0 N–H and O–H groups in total. The van der Waals surface area contributed by atoms with E-state index in [2.05, 4.69) is 9.05 Å². The molecule has 1 aliphatic rings. The average Bonchev–Trinajstić information content (AvgIpc) is 2.50. The maximum absolute atomic E-state index is 14.7. The van der Waals surface area contributed by atoms with Crippen LogP contribution in [-0.4, -0.2) is 55.9 Å². The van der Waals surface area contributed by atoms with Crippen LogP contribution >= 0.6 is 14.0 Å². The fourth-order valence-electron chi connectivity index (χ4n) is 2.26. The normalized spacial score (nSPS) is 29.4. The minimum atomic E-state index is -11.0. The standard InChI is InChI=1S/C9H9F15O2P2/c1-27(2,3)28(22,23,24)25-4(6(10,11)12,7(13,14)15)5(26-28,8(16,17)18)9(19,20)21/h1-3H3. The molecule has 0 aromatic rings. The Bertz CT molecular complexity index is 593. The van der Waals surface area contributed by atoms with Gasteiger partial charge >= 0.3 is 144 Å². The third-order valence-corrected chi connectivity index (χ3v) is 15.0. The fraction of sp³-hybridized carbons (Fsp3) is 1.00. The molecule has 1 aliphatic heterocycles. The maximum atomic E-state index is 14.7. The van der Waals surface area contributed by atoms with E-state index < -0.39 is 49.9 Å². The van der Waals surface area contributed by atoms with Crippen molar-refractivity contribution in [1.29, 1.82) is 0 Å². The van der Waals surface area contributed by atoms with Gasteiger partial charge in [0.2, 0.25) is 0 Å². The predicted octanol–water partition coefficient (Wildman–Crippen LogP) is 7.15. The minimum absolute atomic E-state index is 0.177. The second-order valence-corrected chi connectivity index (χ2v) is 18.9. The van der Waals surface area contributed by atoms with Crippen molar-refractivity contribution in [2.24, 2.45) is 0 Å². The molecule has 0 aliphatic carbocycles.